The minimum absolute atomic E-state index is 0.257. The SMILES string of the molecule is CCOC(=O)C(CC)Sc1nnc(NC(=O)c2ccc(Br)cc2)s1. The first kappa shape index (κ1) is 18.9. The van der Waals surface area contributed by atoms with Crippen LogP contribution in [0.25, 0.3) is 0 Å². The predicted octanol–water partition coefficient (Wildman–Crippen LogP) is 3.99. The number of aromatic nitrogens is 2. The summed E-state index contributed by atoms with van der Waals surface area (Å²) >= 11 is 5.85. The van der Waals surface area contributed by atoms with E-state index in [1.807, 2.05) is 6.92 Å². The second kappa shape index (κ2) is 9.14. The van der Waals surface area contributed by atoms with Crippen LogP contribution in [0.5, 0.6) is 0 Å². The Morgan fingerprint density at radius 1 is 1.29 bits per heavy atom. The number of thioether (sulfide) groups is 1. The summed E-state index contributed by atoms with van der Waals surface area (Å²) in [7, 11) is 0. The maximum Gasteiger partial charge on any atom is 0.319 e. The Kier molecular flexibility index (Phi) is 7.19. The number of carbonyl (C=O) groups is 2. The highest BCUT2D eigenvalue weighted by Crippen LogP contribution is 2.31. The van der Waals surface area contributed by atoms with Crippen LogP contribution in [0.2, 0.25) is 0 Å². The zero-order chi connectivity index (χ0) is 17.5. The minimum Gasteiger partial charge on any atom is -0.465 e. The van der Waals surface area contributed by atoms with Crippen LogP contribution >= 0.6 is 39.0 Å². The molecule has 0 saturated carbocycles. The smallest absolute Gasteiger partial charge is 0.319 e. The Balaban J connectivity index is 1.98. The topological polar surface area (TPSA) is 81.2 Å². The van der Waals surface area contributed by atoms with Crippen molar-refractivity contribution >= 4 is 56.0 Å². The van der Waals surface area contributed by atoms with Crippen LogP contribution in [-0.4, -0.2) is 33.9 Å². The summed E-state index contributed by atoms with van der Waals surface area (Å²) in [6, 6.07) is 7.01. The third-order valence-corrected chi connectivity index (χ3v) is 5.69. The van der Waals surface area contributed by atoms with Crippen molar-refractivity contribution < 1.29 is 14.3 Å². The summed E-state index contributed by atoms with van der Waals surface area (Å²) in [5, 5.41) is 10.7. The molecule has 2 rings (SSSR count). The van der Waals surface area contributed by atoms with Gasteiger partial charge in [-0.1, -0.05) is 46.0 Å². The molecule has 0 saturated heterocycles. The highest BCUT2D eigenvalue weighted by atomic mass is 79.9. The third-order valence-electron chi connectivity index (χ3n) is 2.90. The minimum atomic E-state index is -0.326. The lowest BCUT2D eigenvalue weighted by molar-refractivity contribution is -0.142. The number of carbonyl (C=O) groups excluding carboxylic acids is 2. The molecule has 0 aliphatic carbocycles. The molecular formula is C15H16BrN3O3S2. The van der Waals surface area contributed by atoms with Gasteiger partial charge in [-0.05, 0) is 37.6 Å². The van der Waals surface area contributed by atoms with Crippen LogP contribution in [0.15, 0.2) is 33.1 Å². The fourth-order valence-electron chi connectivity index (χ4n) is 1.73. The molecule has 1 amide bonds. The Morgan fingerprint density at radius 3 is 2.62 bits per heavy atom. The van der Waals surface area contributed by atoms with E-state index in [1.165, 1.54) is 23.1 Å². The molecule has 0 bridgehead atoms. The first-order valence-corrected chi connectivity index (χ1v) is 9.76. The molecule has 0 fully saturated rings. The Morgan fingerprint density at radius 2 is 2.00 bits per heavy atom. The van der Waals surface area contributed by atoms with Crippen molar-refractivity contribution in [2.45, 2.75) is 29.9 Å². The van der Waals surface area contributed by atoms with Crippen molar-refractivity contribution in [1.82, 2.24) is 10.2 Å². The summed E-state index contributed by atoms with van der Waals surface area (Å²) < 4.78 is 6.54. The molecule has 0 radical (unpaired) electrons. The molecule has 2 aromatic rings. The van der Waals surface area contributed by atoms with E-state index in [1.54, 1.807) is 31.2 Å². The van der Waals surface area contributed by atoms with Gasteiger partial charge in [0.1, 0.15) is 5.25 Å². The first-order valence-electron chi connectivity index (χ1n) is 7.27. The molecule has 9 heteroatoms. The number of nitrogens with zero attached hydrogens (tertiary/aromatic N) is 2. The molecule has 1 N–H and O–H groups in total. The van der Waals surface area contributed by atoms with E-state index in [4.69, 9.17) is 4.74 Å². The van der Waals surface area contributed by atoms with Crippen molar-refractivity contribution in [1.29, 1.82) is 0 Å². The molecule has 1 atom stereocenters. The number of amides is 1. The Bertz CT molecular complexity index is 706. The van der Waals surface area contributed by atoms with Crippen molar-refractivity contribution in [2.24, 2.45) is 0 Å². The predicted molar refractivity (Wildman–Crippen MR) is 98.6 cm³/mol. The van der Waals surface area contributed by atoms with E-state index in [0.29, 0.717) is 28.1 Å². The summed E-state index contributed by atoms with van der Waals surface area (Å²) in [5.74, 6) is -0.520. The standard InChI is InChI=1S/C15H16BrN3O3S2/c1-3-11(13(21)22-4-2)23-15-19-18-14(24-15)17-12(20)9-5-7-10(16)8-6-9/h5-8,11H,3-4H2,1-2H3,(H,17,18,20). The zero-order valence-corrected chi connectivity index (χ0v) is 16.3. The lowest BCUT2D eigenvalue weighted by Gasteiger charge is -2.10. The second-order valence-electron chi connectivity index (χ2n) is 4.60. The van der Waals surface area contributed by atoms with Gasteiger partial charge >= 0.3 is 5.97 Å². The number of benzene rings is 1. The summed E-state index contributed by atoms with van der Waals surface area (Å²) in [5.41, 5.74) is 0.528. The molecule has 1 heterocycles. The fourth-order valence-corrected chi connectivity index (χ4v) is 3.91. The van der Waals surface area contributed by atoms with Crippen LogP contribution < -0.4 is 5.32 Å². The molecular weight excluding hydrogens is 414 g/mol. The van der Waals surface area contributed by atoms with E-state index in [2.05, 4.69) is 31.4 Å². The molecule has 1 aromatic carbocycles. The number of nitrogens with one attached hydrogen (secondary N) is 1. The van der Waals surface area contributed by atoms with Gasteiger partial charge in [0, 0.05) is 10.0 Å². The van der Waals surface area contributed by atoms with E-state index >= 15 is 0 Å². The average Bonchev–Trinajstić information content (AvgIpc) is 3.00. The van der Waals surface area contributed by atoms with Crippen molar-refractivity contribution in [3.63, 3.8) is 0 Å². The number of anilines is 1. The van der Waals surface area contributed by atoms with Crippen LogP contribution in [0.1, 0.15) is 30.6 Å². The number of hydrogen-bond acceptors (Lipinski definition) is 7. The number of hydrogen-bond donors (Lipinski definition) is 1. The summed E-state index contributed by atoms with van der Waals surface area (Å²) in [4.78, 5) is 24.0. The third kappa shape index (κ3) is 5.29. The zero-order valence-electron chi connectivity index (χ0n) is 13.1. The van der Waals surface area contributed by atoms with Gasteiger partial charge in [-0.3, -0.25) is 14.9 Å². The lowest BCUT2D eigenvalue weighted by atomic mass is 10.2. The molecule has 128 valence electrons. The van der Waals surface area contributed by atoms with Gasteiger partial charge in [0.05, 0.1) is 6.61 Å². The number of ether oxygens (including phenoxy) is 1. The average molecular weight is 430 g/mol. The second-order valence-corrected chi connectivity index (χ2v) is 7.94. The van der Waals surface area contributed by atoms with E-state index in [-0.39, 0.29) is 17.1 Å². The molecule has 0 aliphatic heterocycles. The number of halogens is 1. The van der Waals surface area contributed by atoms with Gasteiger partial charge in [0.25, 0.3) is 5.91 Å². The van der Waals surface area contributed by atoms with E-state index in [9.17, 15) is 9.59 Å². The highest BCUT2D eigenvalue weighted by Gasteiger charge is 2.21. The van der Waals surface area contributed by atoms with Crippen molar-refractivity contribution in [2.75, 3.05) is 11.9 Å². The summed E-state index contributed by atoms with van der Waals surface area (Å²) in [6.07, 6.45) is 0.629. The molecule has 0 spiro atoms. The fraction of sp³-hybridized carbons (Fsp3) is 0.333. The van der Waals surface area contributed by atoms with Crippen molar-refractivity contribution in [3.05, 3.63) is 34.3 Å². The molecule has 0 aliphatic rings. The van der Waals surface area contributed by atoms with E-state index in [0.717, 1.165) is 4.47 Å². The maximum atomic E-state index is 12.1. The van der Waals surface area contributed by atoms with Crippen LogP contribution in [-0.2, 0) is 9.53 Å². The molecule has 1 unspecified atom stereocenters. The Hall–Kier alpha value is -1.45. The normalized spacial score (nSPS) is 11.8. The van der Waals surface area contributed by atoms with Crippen LogP contribution in [0, 0.1) is 0 Å². The van der Waals surface area contributed by atoms with Gasteiger partial charge in [-0.2, -0.15) is 0 Å². The molecule has 6 nitrogen and oxygen atoms in total. The van der Waals surface area contributed by atoms with Crippen LogP contribution in [0.3, 0.4) is 0 Å². The van der Waals surface area contributed by atoms with E-state index < -0.39 is 0 Å². The largest absolute Gasteiger partial charge is 0.465 e. The van der Waals surface area contributed by atoms with Gasteiger partial charge in [0.15, 0.2) is 4.34 Å². The maximum absolute atomic E-state index is 12.1. The van der Waals surface area contributed by atoms with Gasteiger partial charge in [-0.25, -0.2) is 0 Å². The number of esters is 1. The quantitative estimate of drug-likeness (QED) is 0.407. The lowest BCUT2D eigenvalue weighted by Crippen LogP contribution is -2.19. The first-order chi connectivity index (χ1) is 11.5. The Labute approximate surface area is 156 Å². The summed E-state index contributed by atoms with van der Waals surface area (Å²) in [6.45, 7) is 4.03. The molecule has 1 aromatic heterocycles. The number of rotatable bonds is 7. The molecule has 24 heavy (non-hydrogen) atoms. The van der Waals surface area contributed by atoms with Gasteiger partial charge in [0.2, 0.25) is 5.13 Å². The van der Waals surface area contributed by atoms with Crippen molar-refractivity contribution in [3.8, 4) is 0 Å². The highest BCUT2D eigenvalue weighted by molar-refractivity contribution is 9.10. The van der Waals surface area contributed by atoms with Crippen LogP contribution in [0.4, 0.5) is 5.13 Å². The van der Waals surface area contributed by atoms with Gasteiger partial charge in [-0.15, -0.1) is 10.2 Å². The van der Waals surface area contributed by atoms with Gasteiger partial charge < -0.3 is 4.74 Å². The monoisotopic (exact) mass is 429 g/mol.